The highest BCUT2D eigenvalue weighted by Crippen LogP contribution is 2.27. The number of hydrogen-bond acceptors (Lipinski definition) is 0. The monoisotopic (exact) mass is 323 g/mol. The van der Waals surface area contributed by atoms with Gasteiger partial charge in [0, 0.05) is 8.04 Å². The van der Waals surface area contributed by atoms with E-state index in [-0.39, 0.29) is 0 Å². The first-order valence-electron chi connectivity index (χ1n) is 3.37. The van der Waals surface area contributed by atoms with E-state index in [1.54, 1.807) is 0 Å². The summed E-state index contributed by atoms with van der Waals surface area (Å²) in [4.78, 5) is 0. The van der Waals surface area contributed by atoms with Crippen LogP contribution in [0.5, 0.6) is 0 Å². The Morgan fingerprint density at radius 1 is 1.36 bits per heavy atom. The average Bonchev–Trinajstić information content (AvgIpc) is 1.94. The Morgan fingerprint density at radius 2 is 2.00 bits per heavy atom. The Balaban J connectivity index is 3.17. The molecule has 0 aliphatic heterocycles. The zero-order valence-corrected chi connectivity index (χ0v) is 10.2. The molecule has 0 amide bonds. The fourth-order valence-electron chi connectivity index (χ4n) is 0.890. The van der Waals surface area contributed by atoms with E-state index in [0.29, 0.717) is 0 Å². The van der Waals surface area contributed by atoms with Crippen molar-refractivity contribution in [3.63, 3.8) is 0 Å². The number of halogens is 2. The fraction of sp³-hybridized carbons (Fsp3) is 0.222. The maximum Gasteiger partial charge on any atom is 0.0346 e. The average molecular weight is 324 g/mol. The Hall–Kier alpha value is 0.430. The van der Waals surface area contributed by atoms with Crippen LogP contribution < -0.4 is 0 Å². The van der Waals surface area contributed by atoms with Gasteiger partial charge in [-0.05, 0) is 56.1 Å². The molecule has 2 heteroatoms. The van der Waals surface area contributed by atoms with Crippen LogP contribution in [0.2, 0.25) is 0 Å². The number of benzene rings is 1. The van der Waals surface area contributed by atoms with E-state index < -0.39 is 0 Å². The molecule has 11 heavy (non-hydrogen) atoms. The van der Waals surface area contributed by atoms with Gasteiger partial charge in [-0.2, -0.15) is 0 Å². The molecule has 0 nitrogen and oxygen atoms in total. The molecule has 0 saturated heterocycles. The normalized spacial score (nSPS) is 10.6. The van der Waals surface area contributed by atoms with Crippen LogP contribution in [-0.2, 0) is 0 Å². The van der Waals surface area contributed by atoms with Gasteiger partial charge in [-0.25, -0.2) is 0 Å². The fourth-order valence-corrected chi connectivity index (χ4v) is 2.05. The summed E-state index contributed by atoms with van der Waals surface area (Å²) in [5, 5.41) is 0. The van der Waals surface area contributed by atoms with Gasteiger partial charge < -0.3 is 0 Å². The molecule has 59 valence electrons. The lowest BCUT2D eigenvalue weighted by atomic mass is 10.0. The van der Waals surface area contributed by atoms with E-state index in [2.05, 4.69) is 70.6 Å². The summed E-state index contributed by atoms with van der Waals surface area (Å²) in [6, 6.07) is 6.30. The third-order valence-electron chi connectivity index (χ3n) is 1.49. The number of rotatable bonds is 1. The van der Waals surface area contributed by atoms with E-state index >= 15 is 0 Å². The summed E-state index contributed by atoms with van der Waals surface area (Å²) in [7, 11) is 0. The third-order valence-corrected chi connectivity index (χ3v) is 3.98. The molecule has 0 aliphatic rings. The predicted molar refractivity (Wildman–Crippen MR) is 60.6 cm³/mol. The van der Waals surface area contributed by atoms with Crippen LogP contribution in [0.4, 0.5) is 0 Å². The molecule has 1 radical (unpaired) electrons. The quantitative estimate of drug-likeness (QED) is 0.685. The van der Waals surface area contributed by atoms with Crippen LogP contribution in [0.15, 0.2) is 22.7 Å². The molecule has 0 atom stereocenters. The van der Waals surface area contributed by atoms with Crippen molar-refractivity contribution >= 4 is 38.5 Å². The van der Waals surface area contributed by atoms with Gasteiger partial charge in [0.15, 0.2) is 0 Å². The summed E-state index contributed by atoms with van der Waals surface area (Å²) in [5.74, 6) is 1.34. The second-order valence-electron chi connectivity index (χ2n) is 2.60. The van der Waals surface area contributed by atoms with E-state index in [1.165, 1.54) is 19.5 Å². The zero-order chi connectivity index (χ0) is 8.43. The maximum atomic E-state index is 3.55. The van der Waals surface area contributed by atoms with Gasteiger partial charge in [0.05, 0.1) is 0 Å². The van der Waals surface area contributed by atoms with Crippen molar-refractivity contribution in [3.05, 3.63) is 37.7 Å². The third kappa shape index (κ3) is 2.18. The van der Waals surface area contributed by atoms with Crippen molar-refractivity contribution in [1.29, 1.82) is 0 Å². The van der Waals surface area contributed by atoms with Gasteiger partial charge in [0.2, 0.25) is 0 Å². The lowest BCUT2D eigenvalue weighted by Gasteiger charge is -2.07. The number of hydrogen-bond donors (Lipinski definition) is 0. The summed E-state index contributed by atoms with van der Waals surface area (Å²) >= 11 is 5.88. The summed E-state index contributed by atoms with van der Waals surface area (Å²) < 4.78 is 2.47. The first kappa shape index (κ1) is 9.52. The van der Waals surface area contributed by atoms with E-state index in [4.69, 9.17) is 0 Å². The molecule has 0 fully saturated rings. The minimum Gasteiger partial charge on any atom is -0.0608 e. The molecule has 0 aliphatic carbocycles. The highest BCUT2D eigenvalue weighted by molar-refractivity contribution is 14.1. The largest absolute Gasteiger partial charge is 0.0608 e. The SMILES string of the molecule is C[C](C)c1cccc(I)c1Br. The van der Waals surface area contributed by atoms with Gasteiger partial charge in [-0.15, -0.1) is 0 Å². The molecule has 0 N–H and O–H groups in total. The Bertz CT molecular complexity index is 256. The summed E-state index contributed by atoms with van der Waals surface area (Å²) in [5.41, 5.74) is 1.30. The van der Waals surface area contributed by atoms with Crippen LogP contribution in [0.3, 0.4) is 0 Å². The van der Waals surface area contributed by atoms with E-state index in [1.807, 2.05) is 0 Å². The Labute approximate surface area is 89.7 Å². The van der Waals surface area contributed by atoms with Crippen molar-refractivity contribution in [2.24, 2.45) is 0 Å². The van der Waals surface area contributed by atoms with Crippen LogP contribution >= 0.6 is 38.5 Å². The molecule has 0 aromatic heterocycles. The van der Waals surface area contributed by atoms with Crippen LogP contribution in [0.1, 0.15) is 19.4 Å². The molecule has 0 bridgehead atoms. The first-order chi connectivity index (χ1) is 5.13. The lowest BCUT2D eigenvalue weighted by Crippen LogP contribution is -1.90. The molecule has 0 unspecified atom stereocenters. The highest BCUT2D eigenvalue weighted by Gasteiger charge is 2.06. The molecule has 1 aromatic rings. The van der Waals surface area contributed by atoms with Crippen LogP contribution in [-0.4, -0.2) is 0 Å². The maximum absolute atomic E-state index is 3.55. The van der Waals surface area contributed by atoms with Gasteiger partial charge >= 0.3 is 0 Å². The van der Waals surface area contributed by atoms with Crippen molar-refractivity contribution < 1.29 is 0 Å². The zero-order valence-electron chi connectivity index (χ0n) is 6.49. The Morgan fingerprint density at radius 3 is 2.45 bits per heavy atom. The molecule has 0 heterocycles. The summed E-state index contributed by atoms with van der Waals surface area (Å²) in [6.45, 7) is 4.24. The molecule has 0 spiro atoms. The van der Waals surface area contributed by atoms with E-state index in [9.17, 15) is 0 Å². The predicted octanol–water partition coefficient (Wildman–Crippen LogP) is 4.02. The van der Waals surface area contributed by atoms with Gasteiger partial charge in [-0.1, -0.05) is 26.0 Å². The molecular weight excluding hydrogens is 315 g/mol. The molecular formula is C9H9BrI. The van der Waals surface area contributed by atoms with E-state index in [0.717, 1.165) is 0 Å². The minimum atomic E-state index is 1.21. The van der Waals surface area contributed by atoms with Gasteiger partial charge in [0.25, 0.3) is 0 Å². The second-order valence-corrected chi connectivity index (χ2v) is 4.56. The lowest BCUT2D eigenvalue weighted by molar-refractivity contribution is 1.13. The van der Waals surface area contributed by atoms with Crippen molar-refractivity contribution in [1.82, 2.24) is 0 Å². The van der Waals surface area contributed by atoms with Crippen LogP contribution in [0, 0.1) is 9.49 Å². The highest BCUT2D eigenvalue weighted by atomic mass is 127. The minimum absolute atomic E-state index is 1.21. The van der Waals surface area contributed by atoms with Crippen molar-refractivity contribution in [2.75, 3.05) is 0 Å². The molecule has 1 rings (SSSR count). The second kappa shape index (κ2) is 3.90. The summed E-state index contributed by atoms with van der Waals surface area (Å²) in [6.07, 6.45) is 0. The van der Waals surface area contributed by atoms with Crippen LogP contribution in [0.25, 0.3) is 0 Å². The molecule has 0 saturated carbocycles. The smallest absolute Gasteiger partial charge is 0.0346 e. The Kier molecular flexibility index (Phi) is 3.37. The molecule has 1 aromatic carbocycles. The van der Waals surface area contributed by atoms with Crippen molar-refractivity contribution in [2.45, 2.75) is 13.8 Å². The topological polar surface area (TPSA) is 0 Å². The van der Waals surface area contributed by atoms with Gasteiger partial charge in [-0.3, -0.25) is 0 Å². The standard InChI is InChI=1S/C9H9BrI/c1-6(2)7-4-3-5-8(11)9(7)10/h3-5H,1-2H3. The first-order valence-corrected chi connectivity index (χ1v) is 5.24. The van der Waals surface area contributed by atoms with Gasteiger partial charge in [0.1, 0.15) is 0 Å². The van der Waals surface area contributed by atoms with Crippen molar-refractivity contribution in [3.8, 4) is 0 Å².